The number of carbonyl (C=O) groups excluding carboxylic acids is 1. The van der Waals surface area contributed by atoms with E-state index < -0.39 is 15.4 Å². The molecule has 8 heteroatoms. The molecular formula is C26H35N3O4S. The summed E-state index contributed by atoms with van der Waals surface area (Å²) in [6.45, 7) is 9.24. The van der Waals surface area contributed by atoms with E-state index in [1.165, 1.54) is 0 Å². The average molecular weight is 486 g/mol. The molecule has 0 atom stereocenters. The van der Waals surface area contributed by atoms with E-state index in [9.17, 15) is 13.2 Å². The number of hydrogen-bond donors (Lipinski definition) is 2. The molecule has 2 aliphatic rings. The number of nitrogens with zero attached hydrogens (tertiary/aromatic N) is 1. The van der Waals surface area contributed by atoms with Crippen LogP contribution in [0.3, 0.4) is 0 Å². The highest BCUT2D eigenvalue weighted by Crippen LogP contribution is 2.48. The van der Waals surface area contributed by atoms with Gasteiger partial charge in [0, 0.05) is 25.3 Å². The highest BCUT2D eigenvalue weighted by Gasteiger charge is 2.51. The normalized spacial score (nSPS) is 18.0. The van der Waals surface area contributed by atoms with Crippen LogP contribution in [-0.4, -0.2) is 58.6 Å². The first-order chi connectivity index (χ1) is 16.3. The molecule has 1 saturated carbocycles. The first-order valence-electron chi connectivity index (χ1n) is 12.1. The van der Waals surface area contributed by atoms with E-state index in [0.717, 1.165) is 63.2 Å². The largest absolute Gasteiger partial charge is 0.379 e. The zero-order chi connectivity index (χ0) is 24.2. The number of anilines is 1. The van der Waals surface area contributed by atoms with Crippen LogP contribution in [0.25, 0.3) is 0 Å². The third kappa shape index (κ3) is 5.79. The maximum Gasteiger partial charge on any atom is 0.261 e. The lowest BCUT2D eigenvalue weighted by atomic mass is 9.95. The summed E-state index contributed by atoms with van der Waals surface area (Å²) < 4.78 is 33.5. The molecule has 7 nitrogen and oxygen atoms in total. The third-order valence-electron chi connectivity index (χ3n) is 6.77. The van der Waals surface area contributed by atoms with E-state index >= 15 is 0 Å². The summed E-state index contributed by atoms with van der Waals surface area (Å²) in [6, 6.07) is 14.2. The number of carbonyl (C=O) groups is 1. The summed E-state index contributed by atoms with van der Waals surface area (Å²) in [5.74, 6) is 0.405. The van der Waals surface area contributed by atoms with Gasteiger partial charge in [0.05, 0.1) is 23.5 Å². The van der Waals surface area contributed by atoms with Crippen molar-refractivity contribution in [2.45, 2.75) is 49.3 Å². The molecule has 1 amide bonds. The van der Waals surface area contributed by atoms with Gasteiger partial charge in [-0.2, -0.15) is 0 Å². The predicted octanol–water partition coefficient (Wildman–Crippen LogP) is 3.48. The number of nitrogens with one attached hydrogen (secondary N) is 2. The fourth-order valence-electron chi connectivity index (χ4n) is 4.37. The fourth-order valence-corrected chi connectivity index (χ4v) is 5.43. The second-order valence-electron chi connectivity index (χ2n) is 9.55. The molecule has 1 saturated heterocycles. The van der Waals surface area contributed by atoms with Crippen LogP contribution in [0.5, 0.6) is 0 Å². The summed E-state index contributed by atoms with van der Waals surface area (Å²) in [4.78, 5) is 15.5. The van der Waals surface area contributed by atoms with Gasteiger partial charge in [0.2, 0.25) is 5.91 Å². The Kier molecular flexibility index (Phi) is 7.60. The number of amides is 1. The van der Waals surface area contributed by atoms with Crippen molar-refractivity contribution in [3.63, 3.8) is 0 Å². The minimum Gasteiger partial charge on any atom is -0.379 e. The maximum absolute atomic E-state index is 12.9. The van der Waals surface area contributed by atoms with Gasteiger partial charge in [0.15, 0.2) is 0 Å². The molecule has 1 aliphatic heterocycles. The Hall–Kier alpha value is -2.42. The summed E-state index contributed by atoms with van der Waals surface area (Å²) >= 11 is 0. The van der Waals surface area contributed by atoms with Gasteiger partial charge >= 0.3 is 0 Å². The Morgan fingerprint density at radius 3 is 2.26 bits per heavy atom. The standard InChI is InChI=1S/C26H35N3O4S/c1-20(2)21-4-10-24(11-5-21)34(31,32)28-23-8-6-22(7-9-23)26(12-13-26)25(30)27-14-3-15-29-16-18-33-19-17-29/h4-11,20,28H,3,12-19H2,1-2H3,(H,27,30). The molecular weight excluding hydrogens is 450 g/mol. The van der Waals surface area contributed by atoms with Crippen molar-refractivity contribution in [2.24, 2.45) is 0 Å². The number of ether oxygens (including phenoxy) is 1. The molecule has 0 radical (unpaired) electrons. The first kappa shape index (κ1) is 24.7. The molecule has 2 fully saturated rings. The molecule has 0 spiro atoms. The second-order valence-corrected chi connectivity index (χ2v) is 11.2. The molecule has 34 heavy (non-hydrogen) atoms. The van der Waals surface area contributed by atoms with Crippen LogP contribution in [0.15, 0.2) is 53.4 Å². The van der Waals surface area contributed by atoms with E-state index in [1.807, 2.05) is 24.3 Å². The van der Waals surface area contributed by atoms with E-state index in [0.29, 0.717) is 18.2 Å². The molecule has 0 unspecified atom stereocenters. The van der Waals surface area contributed by atoms with Crippen molar-refractivity contribution in [3.8, 4) is 0 Å². The maximum atomic E-state index is 12.9. The van der Waals surface area contributed by atoms with Crippen LogP contribution in [-0.2, 0) is 25.0 Å². The van der Waals surface area contributed by atoms with Crippen molar-refractivity contribution < 1.29 is 17.9 Å². The summed E-state index contributed by atoms with van der Waals surface area (Å²) in [5, 5.41) is 3.10. The summed E-state index contributed by atoms with van der Waals surface area (Å²) in [5.41, 5.74) is 2.03. The Balaban J connectivity index is 1.32. The molecule has 1 aliphatic carbocycles. The number of sulfonamides is 1. The smallest absolute Gasteiger partial charge is 0.261 e. The van der Waals surface area contributed by atoms with Gasteiger partial charge in [0.25, 0.3) is 10.0 Å². The van der Waals surface area contributed by atoms with E-state index in [2.05, 4.69) is 28.8 Å². The zero-order valence-electron chi connectivity index (χ0n) is 20.0. The van der Waals surface area contributed by atoms with Gasteiger partial charge in [-0.3, -0.25) is 14.4 Å². The van der Waals surface area contributed by atoms with Gasteiger partial charge in [0.1, 0.15) is 0 Å². The van der Waals surface area contributed by atoms with Gasteiger partial charge in [-0.25, -0.2) is 8.42 Å². The Morgan fingerprint density at radius 1 is 1.03 bits per heavy atom. The third-order valence-corrected chi connectivity index (χ3v) is 8.17. The van der Waals surface area contributed by atoms with Crippen molar-refractivity contribution in [1.29, 1.82) is 0 Å². The number of rotatable bonds is 10. The number of benzene rings is 2. The SMILES string of the molecule is CC(C)c1ccc(S(=O)(=O)Nc2ccc(C3(C(=O)NCCCN4CCOCC4)CC3)cc2)cc1. The van der Waals surface area contributed by atoms with Crippen molar-refractivity contribution in [2.75, 3.05) is 44.1 Å². The molecule has 0 aromatic heterocycles. The lowest BCUT2D eigenvalue weighted by Crippen LogP contribution is -2.39. The molecule has 2 aromatic rings. The zero-order valence-corrected chi connectivity index (χ0v) is 20.9. The summed E-state index contributed by atoms with van der Waals surface area (Å²) in [7, 11) is -3.67. The lowest BCUT2D eigenvalue weighted by molar-refractivity contribution is -0.123. The topological polar surface area (TPSA) is 87.7 Å². The average Bonchev–Trinajstić information content (AvgIpc) is 3.65. The first-order valence-corrected chi connectivity index (χ1v) is 13.6. The molecule has 2 N–H and O–H groups in total. The Bertz CT molecular complexity index is 1070. The van der Waals surface area contributed by atoms with E-state index in [4.69, 9.17) is 4.74 Å². The minimum absolute atomic E-state index is 0.0630. The molecule has 1 heterocycles. The van der Waals surface area contributed by atoms with Crippen molar-refractivity contribution in [3.05, 3.63) is 59.7 Å². The highest BCUT2D eigenvalue weighted by atomic mass is 32.2. The van der Waals surface area contributed by atoms with Crippen molar-refractivity contribution in [1.82, 2.24) is 10.2 Å². The quantitative estimate of drug-likeness (QED) is 0.503. The van der Waals surface area contributed by atoms with E-state index in [1.54, 1.807) is 24.3 Å². The van der Waals surface area contributed by atoms with Crippen LogP contribution in [0.4, 0.5) is 5.69 Å². The van der Waals surface area contributed by atoms with Crippen LogP contribution in [0.1, 0.15) is 50.2 Å². The van der Waals surface area contributed by atoms with E-state index in [-0.39, 0.29) is 10.8 Å². The Morgan fingerprint density at radius 2 is 1.68 bits per heavy atom. The molecule has 0 bridgehead atoms. The minimum atomic E-state index is -3.67. The molecule has 4 rings (SSSR count). The van der Waals surface area contributed by atoms with Crippen LogP contribution in [0.2, 0.25) is 0 Å². The fraction of sp³-hybridized carbons (Fsp3) is 0.500. The Labute approximate surface area is 202 Å². The molecule has 184 valence electrons. The van der Waals surface area contributed by atoms with Gasteiger partial charge < -0.3 is 10.1 Å². The van der Waals surface area contributed by atoms with Gasteiger partial charge in [-0.1, -0.05) is 38.1 Å². The van der Waals surface area contributed by atoms with Gasteiger partial charge in [-0.05, 0) is 67.1 Å². The highest BCUT2D eigenvalue weighted by molar-refractivity contribution is 7.92. The monoisotopic (exact) mass is 485 g/mol. The van der Waals surface area contributed by atoms with Crippen LogP contribution < -0.4 is 10.0 Å². The number of hydrogen-bond acceptors (Lipinski definition) is 5. The molecule has 2 aromatic carbocycles. The van der Waals surface area contributed by atoms with Crippen LogP contribution >= 0.6 is 0 Å². The predicted molar refractivity (Wildman–Crippen MR) is 134 cm³/mol. The van der Waals surface area contributed by atoms with Crippen molar-refractivity contribution >= 4 is 21.6 Å². The summed E-state index contributed by atoms with van der Waals surface area (Å²) in [6.07, 6.45) is 2.55. The van der Waals surface area contributed by atoms with Crippen LogP contribution in [0, 0.1) is 0 Å². The lowest BCUT2D eigenvalue weighted by Gasteiger charge is -2.26. The second kappa shape index (κ2) is 10.5. The number of morpholine rings is 1. The van der Waals surface area contributed by atoms with Gasteiger partial charge in [-0.15, -0.1) is 0 Å².